The van der Waals surface area contributed by atoms with Crippen LogP contribution in [0, 0.1) is 16.7 Å². The average molecular weight is 240 g/mol. The van der Waals surface area contributed by atoms with Crippen LogP contribution in [0.1, 0.15) is 59.8 Å². The minimum atomic E-state index is 0.392. The Balaban J connectivity index is 2.23. The summed E-state index contributed by atoms with van der Waals surface area (Å²) in [6.45, 7) is 12.4. The summed E-state index contributed by atoms with van der Waals surface area (Å²) in [6, 6.07) is 0. The van der Waals surface area contributed by atoms with Gasteiger partial charge in [0, 0.05) is 6.54 Å². The molecule has 0 heterocycles. The molecule has 1 unspecified atom stereocenters. The van der Waals surface area contributed by atoms with Crippen LogP contribution in [-0.2, 0) is 0 Å². The van der Waals surface area contributed by atoms with E-state index in [1.54, 1.807) is 0 Å². The van der Waals surface area contributed by atoms with Gasteiger partial charge >= 0.3 is 0 Å². The number of hydrogen-bond donors (Lipinski definition) is 2. The van der Waals surface area contributed by atoms with Crippen molar-refractivity contribution in [2.24, 2.45) is 22.5 Å². The van der Waals surface area contributed by atoms with Crippen LogP contribution in [0.25, 0.3) is 0 Å². The topological polar surface area (TPSA) is 38.0 Å². The zero-order valence-corrected chi connectivity index (χ0v) is 12.3. The Morgan fingerprint density at radius 3 is 2.29 bits per heavy atom. The standard InChI is InChI=1S/C15H32N2/c1-14(2,3)9-13(10-16)11-17-12-15(4)7-5-6-8-15/h13,17H,5-12,16H2,1-4H3. The number of nitrogens with one attached hydrogen (secondary N) is 1. The molecule has 17 heavy (non-hydrogen) atoms. The molecule has 102 valence electrons. The van der Waals surface area contributed by atoms with Gasteiger partial charge in [0.25, 0.3) is 0 Å². The SMILES string of the molecule is CC(C)(C)CC(CN)CNCC1(C)CCCC1. The lowest BCUT2D eigenvalue weighted by atomic mass is 9.84. The fourth-order valence-corrected chi connectivity index (χ4v) is 3.09. The number of nitrogens with two attached hydrogens (primary N) is 1. The van der Waals surface area contributed by atoms with E-state index in [9.17, 15) is 0 Å². The Morgan fingerprint density at radius 2 is 1.82 bits per heavy atom. The maximum absolute atomic E-state index is 5.87. The third kappa shape index (κ3) is 5.87. The van der Waals surface area contributed by atoms with Gasteiger partial charge in [-0.15, -0.1) is 0 Å². The first-order valence-electron chi connectivity index (χ1n) is 7.25. The molecular weight excluding hydrogens is 208 g/mol. The minimum absolute atomic E-state index is 0.392. The van der Waals surface area contributed by atoms with E-state index in [2.05, 4.69) is 33.0 Å². The molecule has 1 aliphatic rings. The van der Waals surface area contributed by atoms with Crippen molar-refractivity contribution in [3.8, 4) is 0 Å². The first kappa shape index (κ1) is 15.0. The van der Waals surface area contributed by atoms with Gasteiger partial charge in [-0.1, -0.05) is 40.5 Å². The van der Waals surface area contributed by atoms with Crippen molar-refractivity contribution >= 4 is 0 Å². The molecule has 1 fully saturated rings. The van der Waals surface area contributed by atoms with Gasteiger partial charge in [0.15, 0.2) is 0 Å². The van der Waals surface area contributed by atoms with Crippen LogP contribution >= 0.6 is 0 Å². The molecule has 0 amide bonds. The molecule has 1 saturated carbocycles. The monoisotopic (exact) mass is 240 g/mol. The first-order chi connectivity index (χ1) is 7.85. The highest BCUT2D eigenvalue weighted by Gasteiger charge is 2.28. The van der Waals surface area contributed by atoms with Gasteiger partial charge < -0.3 is 11.1 Å². The lowest BCUT2D eigenvalue weighted by Crippen LogP contribution is -2.36. The average Bonchev–Trinajstić information content (AvgIpc) is 2.62. The van der Waals surface area contributed by atoms with Crippen LogP contribution in [0.3, 0.4) is 0 Å². The van der Waals surface area contributed by atoms with Crippen LogP contribution in [-0.4, -0.2) is 19.6 Å². The fourth-order valence-electron chi connectivity index (χ4n) is 3.09. The third-order valence-electron chi connectivity index (χ3n) is 4.03. The molecule has 1 aliphatic carbocycles. The summed E-state index contributed by atoms with van der Waals surface area (Å²) in [5.41, 5.74) is 6.82. The van der Waals surface area contributed by atoms with Gasteiger partial charge in [-0.05, 0) is 49.1 Å². The predicted octanol–water partition coefficient (Wildman–Crippen LogP) is 3.17. The molecule has 0 spiro atoms. The molecule has 3 N–H and O–H groups in total. The number of hydrogen-bond acceptors (Lipinski definition) is 2. The lowest BCUT2D eigenvalue weighted by molar-refractivity contribution is 0.265. The Bertz CT molecular complexity index is 211. The van der Waals surface area contributed by atoms with Crippen molar-refractivity contribution < 1.29 is 0 Å². The largest absolute Gasteiger partial charge is 0.330 e. The molecule has 1 rings (SSSR count). The summed E-state index contributed by atoms with van der Waals surface area (Å²) in [7, 11) is 0. The van der Waals surface area contributed by atoms with E-state index in [-0.39, 0.29) is 0 Å². The van der Waals surface area contributed by atoms with E-state index >= 15 is 0 Å². The second-order valence-corrected chi connectivity index (χ2v) is 7.52. The predicted molar refractivity (Wildman–Crippen MR) is 76.1 cm³/mol. The Hall–Kier alpha value is -0.0800. The van der Waals surface area contributed by atoms with E-state index in [1.807, 2.05) is 0 Å². The smallest absolute Gasteiger partial charge is 0.000528 e. The van der Waals surface area contributed by atoms with Crippen molar-refractivity contribution in [3.63, 3.8) is 0 Å². The van der Waals surface area contributed by atoms with E-state index in [0.717, 1.165) is 13.1 Å². The molecule has 2 heteroatoms. The number of rotatable bonds is 6. The van der Waals surface area contributed by atoms with E-state index < -0.39 is 0 Å². The van der Waals surface area contributed by atoms with Crippen LogP contribution < -0.4 is 11.1 Å². The van der Waals surface area contributed by atoms with E-state index in [1.165, 1.54) is 38.6 Å². The highest BCUT2D eigenvalue weighted by atomic mass is 14.9. The molecule has 0 radical (unpaired) electrons. The highest BCUT2D eigenvalue weighted by Crippen LogP contribution is 2.36. The molecule has 0 aliphatic heterocycles. The Kier molecular flexibility index (Phi) is 5.46. The summed E-state index contributed by atoms with van der Waals surface area (Å²) < 4.78 is 0. The molecule has 1 atom stereocenters. The van der Waals surface area contributed by atoms with Crippen LogP contribution in [0.4, 0.5) is 0 Å². The fraction of sp³-hybridized carbons (Fsp3) is 1.00. The van der Waals surface area contributed by atoms with Crippen molar-refractivity contribution in [3.05, 3.63) is 0 Å². The van der Waals surface area contributed by atoms with Gasteiger partial charge in [0.05, 0.1) is 0 Å². The molecule has 0 aromatic heterocycles. The molecular formula is C15H32N2. The third-order valence-corrected chi connectivity index (χ3v) is 4.03. The van der Waals surface area contributed by atoms with Gasteiger partial charge in [-0.2, -0.15) is 0 Å². The highest BCUT2D eigenvalue weighted by molar-refractivity contribution is 4.83. The summed E-state index contributed by atoms with van der Waals surface area (Å²) in [5, 5.41) is 3.66. The van der Waals surface area contributed by atoms with E-state index in [0.29, 0.717) is 16.7 Å². The van der Waals surface area contributed by atoms with Gasteiger partial charge in [0.2, 0.25) is 0 Å². The van der Waals surface area contributed by atoms with Gasteiger partial charge in [-0.25, -0.2) is 0 Å². The minimum Gasteiger partial charge on any atom is -0.330 e. The Morgan fingerprint density at radius 1 is 1.24 bits per heavy atom. The zero-order valence-electron chi connectivity index (χ0n) is 12.3. The van der Waals surface area contributed by atoms with Crippen molar-refractivity contribution in [1.82, 2.24) is 5.32 Å². The molecule has 2 nitrogen and oxygen atoms in total. The normalized spacial score (nSPS) is 21.7. The van der Waals surface area contributed by atoms with Crippen LogP contribution in [0.5, 0.6) is 0 Å². The first-order valence-corrected chi connectivity index (χ1v) is 7.25. The zero-order chi connectivity index (χ0) is 12.9. The quantitative estimate of drug-likeness (QED) is 0.748. The van der Waals surface area contributed by atoms with Crippen LogP contribution in [0.2, 0.25) is 0 Å². The second-order valence-electron chi connectivity index (χ2n) is 7.52. The second kappa shape index (κ2) is 6.19. The van der Waals surface area contributed by atoms with Gasteiger partial charge in [0.1, 0.15) is 0 Å². The summed E-state index contributed by atoms with van der Waals surface area (Å²) in [4.78, 5) is 0. The molecule has 0 aromatic carbocycles. The summed E-state index contributed by atoms with van der Waals surface area (Å²) in [5.74, 6) is 0.625. The lowest BCUT2D eigenvalue weighted by Gasteiger charge is -2.28. The maximum Gasteiger partial charge on any atom is 0.000528 e. The summed E-state index contributed by atoms with van der Waals surface area (Å²) >= 11 is 0. The maximum atomic E-state index is 5.87. The Labute approximate surface area is 108 Å². The molecule has 0 bridgehead atoms. The van der Waals surface area contributed by atoms with Crippen molar-refractivity contribution in [2.75, 3.05) is 19.6 Å². The molecule has 0 saturated heterocycles. The van der Waals surface area contributed by atoms with Crippen molar-refractivity contribution in [1.29, 1.82) is 0 Å². The van der Waals surface area contributed by atoms with Gasteiger partial charge in [-0.3, -0.25) is 0 Å². The van der Waals surface area contributed by atoms with E-state index in [4.69, 9.17) is 5.73 Å². The molecule has 0 aromatic rings. The summed E-state index contributed by atoms with van der Waals surface area (Å²) in [6.07, 6.45) is 6.84. The van der Waals surface area contributed by atoms with Crippen molar-refractivity contribution in [2.45, 2.75) is 59.8 Å². The van der Waals surface area contributed by atoms with Crippen LogP contribution in [0.15, 0.2) is 0 Å².